The average Bonchev–Trinajstić information content (AvgIpc) is 3.25. The maximum absolute atomic E-state index is 12.8. The first-order valence-electron chi connectivity index (χ1n) is 7.11. The molecular weight excluding hydrogens is 336 g/mol. The van der Waals surface area contributed by atoms with Crippen LogP contribution in [0.15, 0.2) is 53.4 Å². The van der Waals surface area contributed by atoms with E-state index in [2.05, 4.69) is 0 Å². The summed E-state index contributed by atoms with van der Waals surface area (Å²) in [5, 5.41) is 8.87. The van der Waals surface area contributed by atoms with Crippen molar-refractivity contribution in [1.82, 2.24) is 0 Å². The maximum atomic E-state index is 12.8. The van der Waals surface area contributed by atoms with E-state index in [4.69, 9.17) is 11.6 Å². The highest BCUT2D eigenvalue weighted by Gasteiger charge is 2.63. The number of benzene rings is 2. The molecule has 0 aliphatic heterocycles. The van der Waals surface area contributed by atoms with Crippen LogP contribution in [0.4, 0.5) is 0 Å². The van der Waals surface area contributed by atoms with E-state index in [-0.39, 0.29) is 4.90 Å². The van der Waals surface area contributed by atoms with Crippen molar-refractivity contribution in [2.45, 2.75) is 23.0 Å². The molecule has 3 rings (SSSR count). The zero-order valence-corrected chi connectivity index (χ0v) is 13.9. The van der Waals surface area contributed by atoms with Crippen LogP contribution in [0.1, 0.15) is 17.0 Å². The first-order valence-corrected chi connectivity index (χ1v) is 9.03. The summed E-state index contributed by atoms with van der Waals surface area (Å²) >= 11 is 5.79. The zero-order valence-electron chi connectivity index (χ0n) is 12.3. The Balaban J connectivity index is 1.98. The SMILES string of the molecule is Cc1ccc([C@H]2[C@H](C(=O)O)[C@@H]2S(=O)(=O)c2ccc(Cl)cc2)cc1. The van der Waals surface area contributed by atoms with Gasteiger partial charge in [0.1, 0.15) is 0 Å². The number of carbonyl (C=O) groups is 1. The summed E-state index contributed by atoms with van der Waals surface area (Å²) in [7, 11) is -3.72. The predicted molar refractivity (Wildman–Crippen MR) is 87.5 cm³/mol. The monoisotopic (exact) mass is 350 g/mol. The number of aryl methyl sites for hydroxylation is 1. The molecule has 0 aromatic heterocycles. The van der Waals surface area contributed by atoms with E-state index in [0.29, 0.717) is 5.02 Å². The molecule has 120 valence electrons. The van der Waals surface area contributed by atoms with Gasteiger partial charge in [0.15, 0.2) is 9.84 Å². The summed E-state index contributed by atoms with van der Waals surface area (Å²) < 4.78 is 25.5. The van der Waals surface area contributed by atoms with Crippen molar-refractivity contribution in [3.63, 3.8) is 0 Å². The predicted octanol–water partition coefficient (Wildman–Crippen LogP) is 3.29. The first kappa shape index (κ1) is 16.0. The van der Waals surface area contributed by atoms with E-state index >= 15 is 0 Å². The standard InChI is InChI=1S/C17H15ClO4S/c1-10-2-4-11(5-3-10)14-15(17(19)20)16(14)23(21,22)13-8-6-12(18)7-9-13/h2-9,14-16H,1H3,(H,19,20)/t14-,15-,16+/m0/s1. The summed E-state index contributed by atoms with van der Waals surface area (Å²) in [4.78, 5) is 11.6. The van der Waals surface area contributed by atoms with Crippen molar-refractivity contribution in [3.05, 3.63) is 64.7 Å². The number of carboxylic acids is 1. The van der Waals surface area contributed by atoms with Gasteiger partial charge in [-0.1, -0.05) is 41.4 Å². The molecule has 0 unspecified atom stereocenters. The van der Waals surface area contributed by atoms with Crippen LogP contribution >= 0.6 is 11.6 Å². The third kappa shape index (κ3) is 2.86. The zero-order chi connectivity index (χ0) is 16.8. The fourth-order valence-corrected chi connectivity index (χ4v) is 5.18. The van der Waals surface area contributed by atoms with Crippen molar-refractivity contribution < 1.29 is 18.3 Å². The van der Waals surface area contributed by atoms with Crippen LogP contribution in [0, 0.1) is 12.8 Å². The second kappa shape index (κ2) is 5.65. The molecule has 0 spiro atoms. The molecule has 0 amide bonds. The number of carboxylic acid groups (broad SMARTS) is 1. The molecule has 0 saturated heterocycles. The first-order chi connectivity index (χ1) is 10.8. The Hall–Kier alpha value is -1.85. The fourth-order valence-electron chi connectivity index (χ4n) is 2.93. The van der Waals surface area contributed by atoms with Gasteiger partial charge in [0.05, 0.1) is 16.1 Å². The van der Waals surface area contributed by atoms with Crippen molar-refractivity contribution in [2.75, 3.05) is 0 Å². The lowest BCUT2D eigenvalue weighted by atomic mass is 10.1. The van der Waals surface area contributed by atoms with Gasteiger partial charge in [0, 0.05) is 10.9 Å². The Kier molecular flexibility index (Phi) is 3.94. The van der Waals surface area contributed by atoms with E-state index in [1.54, 1.807) is 12.1 Å². The van der Waals surface area contributed by atoms with Crippen molar-refractivity contribution in [3.8, 4) is 0 Å². The summed E-state index contributed by atoms with van der Waals surface area (Å²) in [6.45, 7) is 1.92. The van der Waals surface area contributed by atoms with Crippen LogP contribution in [-0.2, 0) is 14.6 Å². The molecule has 6 heteroatoms. The minimum atomic E-state index is -3.72. The summed E-state index contributed by atoms with van der Waals surface area (Å²) in [5.41, 5.74) is 1.78. The Bertz CT molecular complexity index is 841. The Morgan fingerprint density at radius 1 is 1.04 bits per heavy atom. The van der Waals surface area contributed by atoms with E-state index in [1.165, 1.54) is 24.3 Å². The number of halogens is 1. The molecule has 2 aromatic carbocycles. The highest BCUT2D eigenvalue weighted by molar-refractivity contribution is 7.92. The lowest BCUT2D eigenvalue weighted by molar-refractivity contribution is -0.138. The van der Waals surface area contributed by atoms with Crippen molar-refractivity contribution in [2.24, 2.45) is 5.92 Å². The van der Waals surface area contributed by atoms with Crippen LogP contribution in [-0.4, -0.2) is 24.7 Å². The minimum Gasteiger partial charge on any atom is -0.481 e. The van der Waals surface area contributed by atoms with Gasteiger partial charge < -0.3 is 5.11 Å². The molecule has 3 atom stereocenters. The number of rotatable bonds is 4. The number of hydrogen-bond donors (Lipinski definition) is 1. The summed E-state index contributed by atoms with van der Waals surface area (Å²) in [6.07, 6.45) is 0. The second-order valence-corrected chi connectivity index (χ2v) is 8.31. The van der Waals surface area contributed by atoms with Gasteiger partial charge in [-0.05, 0) is 36.8 Å². The molecule has 23 heavy (non-hydrogen) atoms. The maximum Gasteiger partial charge on any atom is 0.308 e. The quantitative estimate of drug-likeness (QED) is 0.918. The van der Waals surface area contributed by atoms with Gasteiger partial charge in [-0.15, -0.1) is 0 Å². The molecular formula is C17H15ClO4S. The molecule has 0 radical (unpaired) electrons. The van der Waals surface area contributed by atoms with Crippen molar-refractivity contribution >= 4 is 27.4 Å². The summed E-state index contributed by atoms with van der Waals surface area (Å²) in [5.74, 6) is -2.52. The Morgan fingerprint density at radius 2 is 1.61 bits per heavy atom. The van der Waals surface area contributed by atoms with Gasteiger partial charge >= 0.3 is 5.97 Å². The molecule has 1 fully saturated rings. The van der Waals surface area contributed by atoms with Gasteiger partial charge in [-0.2, -0.15) is 0 Å². The van der Waals surface area contributed by atoms with Gasteiger partial charge in [-0.25, -0.2) is 8.42 Å². The molecule has 4 nitrogen and oxygen atoms in total. The average molecular weight is 351 g/mol. The largest absolute Gasteiger partial charge is 0.481 e. The molecule has 1 aliphatic carbocycles. The highest BCUT2D eigenvalue weighted by Crippen LogP contribution is 2.54. The van der Waals surface area contributed by atoms with Crippen LogP contribution in [0.5, 0.6) is 0 Å². The molecule has 1 saturated carbocycles. The van der Waals surface area contributed by atoms with E-state index in [9.17, 15) is 18.3 Å². The minimum absolute atomic E-state index is 0.104. The third-order valence-corrected chi connectivity index (χ3v) is 6.69. The molecule has 0 bridgehead atoms. The number of sulfone groups is 1. The van der Waals surface area contributed by atoms with Crippen LogP contribution in [0.25, 0.3) is 0 Å². The molecule has 1 N–H and O–H groups in total. The molecule has 2 aromatic rings. The molecule has 0 heterocycles. The van der Waals surface area contributed by atoms with Gasteiger partial charge in [0.25, 0.3) is 0 Å². The lowest BCUT2D eigenvalue weighted by Gasteiger charge is -2.04. The normalized spacial score (nSPS) is 23.5. The number of hydrogen-bond acceptors (Lipinski definition) is 3. The van der Waals surface area contributed by atoms with E-state index < -0.39 is 32.9 Å². The van der Waals surface area contributed by atoms with Gasteiger partial charge in [-0.3, -0.25) is 4.79 Å². The smallest absolute Gasteiger partial charge is 0.308 e. The Morgan fingerprint density at radius 3 is 2.13 bits per heavy atom. The van der Waals surface area contributed by atoms with Crippen LogP contribution in [0.2, 0.25) is 5.02 Å². The van der Waals surface area contributed by atoms with Crippen LogP contribution < -0.4 is 0 Å². The highest BCUT2D eigenvalue weighted by atomic mass is 35.5. The van der Waals surface area contributed by atoms with E-state index in [0.717, 1.165) is 11.1 Å². The van der Waals surface area contributed by atoms with Crippen LogP contribution in [0.3, 0.4) is 0 Å². The topological polar surface area (TPSA) is 71.4 Å². The van der Waals surface area contributed by atoms with Crippen molar-refractivity contribution in [1.29, 1.82) is 0 Å². The third-order valence-electron chi connectivity index (χ3n) is 4.20. The van der Waals surface area contributed by atoms with Gasteiger partial charge in [0.2, 0.25) is 0 Å². The number of aliphatic carboxylic acids is 1. The second-order valence-electron chi connectivity index (χ2n) is 5.76. The Labute approximate surface area is 139 Å². The lowest BCUT2D eigenvalue weighted by Crippen LogP contribution is -2.13. The molecule has 1 aliphatic rings. The van der Waals surface area contributed by atoms with E-state index in [1.807, 2.05) is 19.1 Å². The fraction of sp³-hybridized carbons (Fsp3) is 0.235. The summed E-state index contributed by atoms with van der Waals surface area (Å²) in [6, 6.07) is 13.1.